The minimum atomic E-state index is -0.750. The van der Waals surface area contributed by atoms with E-state index in [0.29, 0.717) is 31.5 Å². The first-order valence-corrected chi connectivity index (χ1v) is 14.4. The second-order valence-corrected chi connectivity index (χ2v) is 11.2. The summed E-state index contributed by atoms with van der Waals surface area (Å²) in [6, 6.07) is 0.770. The van der Waals surface area contributed by atoms with Gasteiger partial charge in [0.1, 0.15) is 11.6 Å². The number of aryl methyl sites for hydroxylation is 1. The maximum Gasteiger partial charge on any atom is 0.303 e. The second-order valence-electron chi connectivity index (χ2n) is 11.2. The molecule has 4 rings (SSSR count). The van der Waals surface area contributed by atoms with E-state index < -0.39 is 5.97 Å². The maximum absolute atomic E-state index is 11.0. The van der Waals surface area contributed by atoms with Crippen molar-refractivity contribution in [3.8, 4) is 0 Å². The van der Waals surface area contributed by atoms with Crippen molar-refractivity contribution >= 4 is 5.97 Å². The average molecular weight is 514 g/mol. The van der Waals surface area contributed by atoms with Crippen LogP contribution in [0.15, 0.2) is 24.8 Å². The van der Waals surface area contributed by atoms with Crippen LogP contribution in [0.1, 0.15) is 76.9 Å². The molecule has 37 heavy (non-hydrogen) atoms. The molecule has 0 radical (unpaired) electrons. The van der Waals surface area contributed by atoms with E-state index in [1.807, 2.05) is 12.4 Å². The van der Waals surface area contributed by atoms with Crippen molar-refractivity contribution in [2.75, 3.05) is 39.3 Å². The van der Waals surface area contributed by atoms with E-state index in [0.717, 1.165) is 37.2 Å². The zero-order valence-electron chi connectivity index (χ0n) is 22.9. The number of aliphatic carboxylic acids is 1. The van der Waals surface area contributed by atoms with Crippen molar-refractivity contribution in [1.82, 2.24) is 34.2 Å². The van der Waals surface area contributed by atoms with E-state index in [4.69, 9.17) is 5.11 Å². The largest absolute Gasteiger partial charge is 0.481 e. The molecule has 0 atom stereocenters. The van der Waals surface area contributed by atoms with Crippen LogP contribution in [-0.4, -0.2) is 90.6 Å². The number of nitrogens with zero attached hydrogens (tertiary/aromatic N) is 6. The Bertz CT molecular complexity index is 932. The fourth-order valence-electron chi connectivity index (χ4n) is 6.42. The summed E-state index contributed by atoms with van der Waals surface area (Å²) in [6.07, 6.45) is 16.1. The topological polar surface area (TPSA) is 93.5 Å². The van der Waals surface area contributed by atoms with E-state index in [1.54, 1.807) is 6.20 Å². The zero-order valence-corrected chi connectivity index (χ0v) is 22.9. The van der Waals surface area contributed by atoms with Crippen LogP contribution in [-0.2, 0) is 24.4 Å². The number of nitrogens with one attached hydrogen (secondary N) is 1. The lowest BCUT2D eigenvalue weighted by molar-refractivity contribution is -0.137. The van der Waals surface area contributed by atoms with Crippen LogP contribution in [0.5, 0.6) is 0 Å². The van der Waals surface area contributed by atoms with E-state index in [-0.39, 0.29) is 6.42 Å². The average Bonchev–Trinajstić information content (AvgIpc) is 3.64. The van der Waals surface area contributed by atoms with Crippen LogP contribution >= 0.6 is 0 Å². The minimum absolute atomic E-state index is 0.177. The summed E-state index contributed by atoms with van der Waals surface area (Å²) in [5, 5.41) is 9.05. The predicted octanol–water partition coefficient (Wildman–Crippen LogP) is 3.84. The zero-order chi connectivity index (χ0) is 26.1. The standard InChI is InChI=1S/C28H47N7O2/c1-3-24(4-2)34-18-9-28(10-19-34)8-17-32(23-28)15-6-16-35-20-13-31-26(35)22-33(14-5-7-27(36)37)21-25-29-11-12-30-25/h11-13,20,24H,3-10,14-19,21-23H2,1-2H3,(H,29,30)(H,36,37). The van der Waals surface area contributed by atoms with Crippen molar-refractivity contribution in [1.29, 1.82) is 0 Å². The van der Waals surface area contributed by atoms with E-state index in [2.05, 4.69) is 54.3 Å². The summed E-state index contributed by atoms with van der Waals surface area (Å²) >= 11 is 0. The van der Waals surface area contributed by atoms with E-state index in [1.165, 1.54) is 58.3 Å². The van der Waals surface area contributed by atoms with Gasteiger partial charge in [0.15, 0.2) is 0 Å². The molecule has 2 aromatic rings. The lowest BCUT2D eigenvalue weighted by Gasteiger charge is -2.42. The number of aromatic amines is 1. The van der Waals surface area contributed by atoms with Crippen molar-refractivity contribution < 1.29 is 9.90 Å². The first kappa shape index (κ1) is 27.8. The predicted molar refractivity (Wildman–Crippen MR) is 145 cm³/mol. The monoisotopic (exact) mass is 513 g/mol. The van der Waals surface area contributed by atoms with E-state index in [9.17, 15) is 4.79 Å². The van der Waals surface area contributed by atoms with Gasteiger partial charge in [-0.15, -0.1) is 0 Å². The lowest BCUT2D eigenvalue weighted by atomic mass is 9.77. The van der Waals surface area contributed by atoms with Gasteiger partial charge >= 0.3 is 5.97 Å². The summed E-state index contributed by atoms with van der Waals surface area (Å²) in [6.45, 7) is 13.9. The van der Waals surface area contributed by atoms with Crippen LogP contribution in [0.4, 0.5) is 0 Å². The number of rotatable bonds is 15. The Balaban J connectivity index is 1.23. The SMILES string of the molecule is CCC(CC)N1CCC2(CCN(CCCn3ccnc3CN(CCCC(=O)O)Cc3ncc[nH]3)C2)CC1. The van der Waals surface area contributed by atoms with Crippen molar-refractivity contribution in [2.24, 2.45) is 5.41 Å². The van der Waals surface area contributed by atoms with Gasteiger partial charge in [0.25, 0.3) is 0 Å². The molecule has 0 saturated carbocycles. The molecule has 0 unspecified atom stereocenters. The van der Waals surface area contributed by atoms with Crippen LogP contribution in [0.25, 0.3) is 0 Å². The van der Waals surface area contributed by atoms with Crippen LogP contribution in [0, 0.1) is 5.41 Å². The molecule has 206 valence electrons. The number of carbonyl (C=O) groups is 1. The molecule has 9 nitrogen and oxygen atoms in total. The van der Waals surface area contributed by atoms with Crippen molar-refractivity contribution in [3.05, 3.63) is 36.4 Å². The molecule has 1 spiro atoms. The Morgan fingerprint density at radius 3 is 2.57 bits per heavy atom. The molecule has 2 aliphatic rings. The highest BCUT2D eigenvalue weighted by Gasteiger charge is 2.40. The molecule has 2 N–H and O–H groups in total. The molecular formula is C28H47N7O2. The molecule has 0 amide bonds. The van der Waals surface area contributed by atoms with Gasteiger partial charge in [-0.2, -0.15) is 0 Å². The van der Waals surface area contributed by atoms with Crippen LogP contribution < -0.4 is 0 Å². The number of H-pyrrole nitrogens is 1. The Labute approximate surface area is 222 Å². The summed E-state index contributed by atoms with van der Waals surface area (Å²) in [5.41, 5.74) is 0.547. The Morgan fingerprint density at radius 2 is 1.86 bits per heavy atom. The van der Waals surface area contributed by atoms with Crippen LogP contribution in [0.2, 0.25) is 0 Å². The smallest absolute Gasteiger partial charge is 0.303 e. The first-order valence-electron chi connectivity index (χ1n) is 14.4. The fourth-order valence-corrected chi connectivity index (χ4v) is 6.42. The molecular weight excluding hydrogens is 466 g/mol. The van der Waals surface area contributed by atoms with E-state index >= 15 is 0 Å². The van der Waals surface area contributed by atoms with Gasteiger partial charge in [-0.3, -0.25) is 9.69 Å². The number of carboxylic acid groups (broad SMARTS) is 1. The summed E-state index contributed by atoms with van der Waals surface area (Å²) in [7, 11) is 0. The molecule has 2 fully saturated rings. The third-order valence-electron chi connectivity index (χ3n) is 8.67. The van der Waals surface area contributed by atoms with Gasteiger partial charge in [0.05, 0.1) is 13.1 Å². The highest BCUT2D eigenvalue weighted by Crippen LogP contribution is 2.41. The first-order chi connectivity index (χ1) is 18.0. The second kappa shape index (κ2) is 13.5. The lowest BCUT2D eigenvalue weighted by Crippen LogP contribution is -2.45. The molecule has 2 aromatic heterocycles. The Kier molecular flexibility index (Phi) is 10.2. The van der Waals surface area contributed by atoms with Gasteiger partial charge in [-0.1, -0.05) is 13.8 Å². The molecule has 9 heteroatoms. The number of carboxylic acids is 1. The van der Waals surface area contributed by atoms with Crippen molar-refractivity contribution in [2.45, 2.75) is 90.9 Å². The summed E-state index contributed by atoms with van der Waals surface area (Å²) in [4.78, 5) is 30.8. The number of hydrogen-bond donors (Lipinski definition) is 2. The number of imidazole rings is 2. The molecule has 2 saturated heterocycles. The molecule has 0 aliphatic carbocycles. The summed E-state index contributed by atoms with van der Waals surface area (Å²) in [5.74, 6) is 1.18. The maximum atomic E-state index is 11.0. The number of piperidine rings is 1. The van der Waals surface area contributed by atoms with Gasteiger partial charge in [0.2, 0.25) is 0 Å². The number of hydrogen-bond acceptors (Lipinski definition) is 6. The highest BCUT2D eigenvalue weighted by molar-refractivity contribution is 5.66. The Hall–Kier alpha value is -2.23. The van der Waals surface area contributed by atoms with Gasteiger partial charge < -0.3 is 24.5 Å². The molecule has 0 bridgehead atoms. The normalized spacial score (nSPS) is 18.5. The third kappa shape index (κ3) is 7.88. The number of likely N-dealkylation sites (tertiary alicyclic amines) is 2. The Morgan fingerprint density at radius 1 is 1.08 bits per heavy atom. The minimum Gasteiger partial charge on any atom is -0.481 e. The molecule has 2 aliphatic heterocycles. The summed E-state index contributed by atoms with van der Waals surface area (Å²) < 4.78 is 2.27. The quantitative estimate of drug-likeness (QED) is 0.374. The van der Waals surface area contributed by atoms with Gasteiger partial charge in [0, 0.05) is 50.3 Å². The van der Waals surface area contributed by atoms with Gasteiger partial charge in [-0.05, 0) is 83.1 Å². The van der Waals surface area contributed by atoms with Crippen molar-refractivity contribution in [3.63, 3.8) is 0 Å². The highest BCUT2D eigenvalue weighted by atomic mass is 16.4. The van der Waals surface area contributed by atoms with Gasteiger partial charge in [-0.25, -0.2) is 9.97 Å². The fraction of sp³-hybridized carbons (Fsp3) is 0.750. The molecule has 4 heterocycles. The molecule has 0 aromatic carbocycles. The van der Waals surface area contributed by atoms with Crippen LogP contribution in [0.3, 0.4) is 0 Å². The third-order valence-corrected chi connectivity index (χ3v) is 8.67. The number of aromatic nitrogens is 4.